The zero-order valence-corrected chi connectivity index (χ0v) is 11.9. The minimum absolute atomic E-state index is 0.0849. The summed E-state index contributed by atoms with van der Waals surface area (Å²) in [5, 5.41) is 12.9. The molecule has 0 spiro atoms. The van der Waals surface area contributed by atoms with Crippen LogP contribution < -0.4 is 4.74 Å². The van der Waals surface area contributed by atoms with E-state index in [1.165, 1.54) is 0 Å². The third-order valence-corrected chi connectivity index (χ3v) is 2.88. The Morgan fingerprint density at radius 1 is 1.35 bits per heavy atom. The summed E-state index contributed by atoms with van der Waals surface area (Å²) in [4.78, 5) is 11.2. The second-order valence-electron chi connectivity index (χ2n) is 4.92. The van der Waals surface area contributed by atoms with Crippen molar-refractivity contribution in [2.45, 2.75) is 33.8 Å². The Morgan fingerprint density at radius 2 is 2.05 bits per heavy atom. The van der Waals surface area contributed by atoms with Gasteiger partial charge in [-0.25, -0.2) is 4.79 Å². The predicted octanol–water partition coefficient (Wildman–Crippen LogP) is 3.44. The predicted molar refractivity (Wildman–Crippen MR) is 74.1 cm³/mol. The molecule has 20 heavy (non-hydrogen) atoms. The number of ether oxygens (including phenoxy) is 1. The van der Waals surface area contributed by atoms with Gasteiger partial charge in [0.1, 0.15) is 11.3 Å². The van der Waals surface area contributed by atoms with E-state index < -0.39 is 5.97 Å². The zero-order valence-electron chi connectivity index (χ0n) is 11.9. The fraction of sp³-hybridized carbons (Fsp3) is 0.333. The molecule has 0 radical (unpaired) electrons. The number of aromatic carboxylic acids is 1. The second kappa shape index (κ2) is 5.36. The van der Waals surface area contributed by atoms with Crippen molar-refractivity contribution in [2.24, 2.45) is 0 Å². The molecule has 0 aliphatic rings. The van der Waals surface area contributed by atoms with Gasteiger partial charge in [0.05, 0.1) is 11.8 Å². The molecule has 0 aliphatic carbocycles. The number of carboxylic acid groups (broad SMARTS) is 1. The SMILES string of the molecule is Cc1cc(-c2onc(C)c2C(=O)O)ccc1OC(C)C. The van der Waals surface area contributed by atoms with Crippen molar-refractivity contribution in [1.82, 2.24) is 5.16 Å². The maximum Gasteiger partial charge on any atom is 0.341 e. The molecular weight excluding hydrogens is 258 g/mol. The summed E-state index contributed by atoms with van der Waals surface area (Å²) < 4.78 is 10.8. The van der Waals surface area contributed by atoms with Gasteiger partial charge in [0.2, 0.25) is 0 Å². The highest BCUT2D eigenvalue weighted by atomic mass is 16.5. The molecule has 5 nitrogen and oxygen atoms in total. The van der Waals surface area contributed by atoms with Crippen LogP contribution in [-0.4, -0.2) is 22.3 Å². The fourth-order valence-corrected chi connectivity index (χ4v) is 2.00. The van der Waals surface area contributed by atoms with Gasteiger partial charge in [-0.15, -0.1) is 0 Å². The Morgan fingerprint density at radius 3 is 2.60 bits per heavy atom. The number of carbonyl (C=O) groups is 1. The summed E-state index contributed by atoms with van der Waals surface area (Å²) in [6.07, 6.45) is 0.0849. The van der Waals surface area contributed by atoms with Gasteiger partial charge in [0.25, 0.3) is 0 Å². The van der Waals surface area contributed by atoms with E-state index in [-0.39, 0.29) is 17.4 Å². The molecule has 0 atom stereocenters. The molecule has 0 bridgehead atoms. The molecular formula is C15H17NO4. The van der Waals surface area contributed by atoms with E-state index in [0.717, 1.165) is 11.3 Å². The van der Waals surface area contributed by atoms with Gasteiger partial charge in [-0.3, -0.25) is 0 Å². The lowest BCUT2D eigenvalue weighted by atomic mass is 10.0. The molecule has 1 aromatic carbocycles. The largest absolute Gasteiger partial charge is 0.491 e. The molecule has 0 aliphatic heterocycles. The maximum atomic E-state index is 11.2. The first kappa shape index (κ1) is 14.1. The molecule has 0 amide bonds. The molecule has 2 aromatic rings. The fourth-order valence-electron chi connectivity index (χ4n) is 2.00. The van der Waals surface area contributed by atoms with Gasteiger partial charge in [-0.1, -0.05) is 5.16 Å². The first-order chi connectivity index (χ1) is 9.40. The van der Waals surface area contributed by atoms with Gasteiger partial charge >= 0.3 is 5.97 Å². The number of carboxylic acids is 1. The molecule has 2 rings (SSSR count). The van der Waals surface area contributed by atoms with Crippen LogP contribution in [-0.2, 0) is 0 Å². The number of aromatic nitrogens is 1. The minimum atomic E-state index is -1.04. The van der Waals surface area contributed by atoms with Crippen LogP contribution in [0.4, 0.5) is 0 Å². The summed E-state index contributed by atoms with van der Waals surface area (Å²) in [5.74, 6) is 0.00460. The van der Waals surface area contributed by atoms with Crippen LogP contribution in [0.2, 0.25) is 0 Å². The Labute approximate surface area is 117 Å². The lowest BCUT2D eigenvalue weighted by molar-refractivity contribution is 0.0696. The summed E-state index contributed by atoms with van der Waals surface area (Å²) in [6, 6.07) is 5.43. The molecule has 106 valence electrons. The number of aryl methyl sites for hydroxylation is 2. The maximum absolute atomic E-state index is 11.2. The Hall–Kier alpha value is -2.30. The van der Waals surface area contributed by atoms with E-state index in [9.17, 15) is 9.90 Å². The number of rotatable bonds is 4. The smallest absolute Gasteiger partial charge is 0.341 e. The summed E-state index contributed by atoms with van der Waals surface area (Å²) in [5.41, 5.74) is 2.06. The van der Waals surface area contributed by atoms with Crippen LogP contribution in [0, 0.1) is 13.8 Å². The molecule has 1 N–H and O–H groups in total. The van der Waals surface area contributed by atoms with Crippen molar-refractivity contribution in [3.05, 3.63) is 35.0 Å². The van der Waals surface area contributed by atoms with E-state index >= 15 is 0 Å². The number of hydrogen-bond acceptors (Lipinski definition) is 4. The van der Waals surface area contributed by atoms with Crippen molar-refractivity contribution in [2.75, 3.05) is 0 Å². The monoisotopic (exact) mass is 275 g/mol. The second-order valence-corrected chi connectivity index (χ2v) is 4.92. The zero-order chi connectivity index (χ0) is 14.9. The number of nitrogens with zero attached hydrogens (tertiary/aromatic N) is 1. The lowest BCUT2D eigenvalue weighted by Crippen LogP contribution is -2.06. The van der Waals surface area contributed by atoms with Crippen molar-refractivity contribution < 1.29 is 19.2 Å². The van der Waals surface area contributed by atoms with Gasteiger partial charge in [0, 0.05) is 5.56 Å². The topological polar surface area (TPSA) is 72.6 Å². The van der Waals surface area contributed by atoms with Crippen LogP contribution in [0.15, 0.2) is 22.7 Å². The van der Waals surface area contributed by atoms with Gasteiger partial charge in [-0.2, -0.15) is 0 Å². The quantitative estimate of drug-likeness (QED) is 0.925. The molecule has 5 heteroatoms. The van der Waals surface area contributed by atoms with Gasteiger partial charge < -0.3 is 14.4 Å². The third-order valence-electron chi connectivity index (χ3n) is 2.88. The summed E-state index contributed by atoms with van der Waals surface area (Å²) in [6.45, 7) is 7.43. The highest BCUT2D eigenvalue weighted by molar-refractivity contribution is 5.95. The van der Waals surface area contributed by atoms with E-state index in [1.807, 2.05) is 32.9 Å². The normalized spacial score (nSPS) is 10.8. The average molecular weight is 275 g/mol. The Balaban J connectivity index is 2.45. The summed E-state index contributed by atoms with van der Waals surface area (Å²) in [7, 11) is 0. The van der Waals surface area contributed by atoms with Gasteiger partial charge in [-0.05, 0) is 51.5 Å². The molecule has 0 unspecified atom stereocenters. The van der Waals surface area contributed by atoms with Crippen molar-refractivity contribution in [3.8, 4) is 17.1 Å². The average Bonchev–Trinajstić information content (AvgIpc) is 2.73. The van der Waals surface area contributed by atoms with Gasteiger partial charge in [0.15, 0.2) is 5.76 Å². The van der Waals surface area contributed by atoms with Crippen molar-refractivity contribution in [1.29, 1.82) is 0 Å². The highest BCUT2D eigenvalue weighted by Gasteiger charge is 2.21. The highest BCUT2D eigenvalue weighted by Crippen LogP contribution is 2.30. The van der Waals surface area contributed by atoms with E-state index in [0.29, 0.717) is 11.3 Å². The standard InChI is InChI=1S/C15H17NO4/c1-8(2)19-12-6-5-11(7-9(12)3)14-13(15(17)18)10(4)16-20-14/h5-8H,1-4H3,(H,17,18). The van der Waals surface area contributed by atoms with Crippen LogP contribution in [0.1, 0.15) is 35.5 Å². The molecule has 1 heterocycles. The molecule has 0 saturated heterocycles. The van der Waals surface area contributed by atoms with Crippen LogP contribution in [0.3, 0.4) is 0 Å². The van der Waals surface area contributed by atoms with Crippen LogP contribution >= 0.6 is 0 Å². The van der Waals surface area contributed by atoms with E-state index in [1.54, 1.807) is 13.0 Å². The first-order valence-electron chi connectivity index (χ1n) is 6.37. The van der Waals surface area contributed by atoms with Crippen molar-refractivity contribution >= 4 is 5.97 Å². The minimum Gasteiger partial charge on any atom is -0.491 e. The Kier molecular flexibility index (Phi) is 3.79. The van der Waals surface area contributed by atoms with E-state index in [2.05, 4.69) is 5.16 Å². The lowest BCUT2D eigenvalue weighted by Gasteiger charge is -2.12. The molecule has 1 aromatic heterocycles. The Bertz CT molecular complexity index is 643. The third kappa shape index (κ3) is 2.66. The van der Waals surface area contributed by atoms with E-state index in [4.69, 9.17) is 9.26 Å². The summed E-state index contributed by atoms with van der Waals surface area (Å²) >= 11 is 0. The molecule has 0 saturated carbocycles. The number of benzene rings is 1. The molecule has 0 fully saturated rings. The van der Waals surface area contributed by atoms with Crippen LogP contribution in [0.25, 0.3) is 11.3 Å². The first-order valence-corrected chi connectivity index (χ1v) is 6.37. The number of hydrogen-bond donors (Lipinski definition) is 1. The van der Waals surface area contributed by atoms with Crippen molar-refractivity contribution in [3.63, 3.8) is 0 Å². The van der Waals surface area contributed by atoms with Crippen LogP contribution in [0.5, 0.6) is 5.75 Å².